The highest BCUT2D eigenvalue weighted by Crippen LogP contribution is 2.30. The van der Waals surface area contributed by atoms with Crippen molar-refractivity contribution in [3.63, 3.8) is 0 Å². The summed E-state index contributed by atoms with van der Waals surface area (Å²) in [6.07, 6.45) is 0.691. The zero-order valence-corrected chi connectivity index (χ0v) is 19.9. The molecule has 0 aliphatic carbocycles. The Morgan fingerprint density at radius 1 is 1.09 bits per heavy atom. The number of aryl methyl sites for hydroxylation is 2. The van der Waals surface area contributed by atoms with E-state index in [0.29, 0.717) is 24.4 Å². The van der Waals surface area contributed by atoms with Gasteiger partial charge in [-0.15, -0.1) is 0 Å². The van der Waals surface area contributed by atoms with Crippen LogP contribution < -0.4 is 10.5 Å². The summed E-state index contributed by atoms with van der Waals surface area (Å²) in [5.74, 6) is -0.664. The minimum Gasteiger partial charge on any atom is -0.465 e. The maximum Gasteiger partial charge on any atom is 0.337 e. The molecule has 0 aliphatic rings. The molecule has 3 rings (SSSR count). The van der Waals surface area contributed by atoms with Gasteiger partial charge in [-0.2, -0.15) is 0 Å². The van der Waals surface area contributed by atoms with Crippen molar-refractivity contribution in [2.24, 2.45) is 5.73 Å². The Balaban J connectivity index is 2.09. The fraction of sp³-hybridized carbons (Fsp3) is 0.292. The average molecular weight is 469 g/mol. The Labute approximate surface area is 194 Å². The third-order valence-corrected chi connectivity index (χ3v) is 6.70. The summed E-state index contributed by atoms with van der Waals surface area (Å²) >= 11 is 0. The van der Waals surface area contributed by atoms with E-state index in [1.54, 1.807) is 0 Å². The summed E-state index contributed by atoms with van der Waals surface area (Å²) in [7, 11) is -2.82. The van der Waals surface area contributed by atoms with Crippen LogP contribution in [0.1, 0.15) is 46.4 Å². The van der Waals surface area contributed by atoms with E-state index in [2.05, 4.69) is 19.4 Å². The third kappa shape index (κ3) is 5.55. The van der Waals surface area contributed by atoms with Gasteiger partial charge in [-0.05, 0) is 68.1 Å². The predicted octanol–water partition coefficient (Wildman–Crippen LogP) is 3.80. The molecule has 1 unspecified atom stereocenters. The molecule has 174 valence electrons. The van der Waals surface area contributed by atoms with Crippen molar-refractivity contribution in [3.8, 4) is 11.3 Å². The molecule has 8 nitrogen and oxygen atoms in total. The number of nitrogens with zero attached hydrogens (tertiary/aromatic N) is 2. The van der Waals surface area contributed by atoms with Gasteiger partial charge in [-0.1, -0.05) is 31.2 Å². The Kier molecular flexibility index (Phi) is 7.45. The number of carbonyl (C=O) groups is 1. The van der Waals surface area contributed by atoms with E-state index >= 15 is 0 Å². The van der Waals surface area contributed by atoms with Gasteiger partial charge >= 0.3 is 5.97 Å². The number of methoxy groups -OCH3 is 1. The van der Waals surface area contributed by atoms with Crippen LogP contribution in [0.15, 0.2) is 53.4 Å². The molecular formula is C24H28N4O4S. The van der Waals surface area contributed by atoms with E-state index in [-0.39, 0.29) is 22.3 Å². The molecule has 1 heterocycles. The molecule has 3 aromatic rings. The number of esters is 1. The second kappa shape index (κ2) is 10.1. The second-order valence-electron chi connectivity index (χ2n) is 7.87. The number of nitrogens with two attached hydrogens (primary N) is 1. The lowest BCUT2D eigenvalue weighted by atomic mass is 9.97. The highest BCUT2D eigenvalue weighted by molar-refractivity contribution is 7.92. The Morgan fingerprint density at radius 3 is 2.39 bits per heavy atom. The lowest BCUT2D eigenvalue weighted by Gasteiger charge is -2.16. The highest BCUT2D eigenvalue weighted by Gasteiger charge is 2.21. The number of sulfonamides is 1. The number of anilines is 1. The van der Waals surface area contributed by atoms with Gasteiger partial charge in [0.1, 0.15) is 0 Å². The van der Waals surface area contributed by atoms with E-state index < -0.39 is 16.0 Å². The summed E-state index contributed by atoms with van der Waals surface area (Å²) in [4.78, 5) is 20.7. The van der Waals surface area contributed by atoms with E-state index in [4.69, 9.17) is 5.73 Å². The van der Waals surface area contributed by atoms with Crippen LogP contribution in [0.5, 0.6) is 0 Å². The van der Waals surface area contributed by atoms with Gasteiger partial charge in [0.25, 0.3) is 10.0 Å². The quantitative estimate of drug-likeness (QED) is 0.482. The maximum absolute atomic E-state index is 13.1. The van der Waals surface area contributed by atoms with E-state index in [0.717, 1.165) is 16.7 Å². The van der Waals surface area contributed by atoms with Crippen molar-refractivity contribution >= 4 is 21.9 Å². The fourth-order valence-corrected chi connectivity index (χ4v) is 4.59. The fourth-order valence-electron chi connectivity index (χ4n) is 3.60. The summed E-state index contributed by atoms with van der Waals surface area (Å²) in [5, 5.41) is 0. The van der Waals surface area contributed by atoms with Crippen LogP contribution >= 0.6 is 0 Å². The van der Waals surface area contributed by atoms with Crippen LogP contribution in [0, 0.1) is 13.8 Å². The second-order valence-corrected chi connectivity index (χ2v) is 9.55. The first-order chi connectivity index (χ1) is 15.7. The Hall–Kier alpha value is -3.30. The van der Waals surface area contributed by atoms with Crippen molar-refractivity contribution in [1.29, 1.82) is 0 Å². The number of hydrogen-bond acceptors (Lipinski definition) is 7. The van der Waals surface area contributed by atoms with Crippen LogP contribution in [0.3, 0.4) is 0 Å². The topological polar surface area (TPSA) is 124 Å². The van der Waals surface area contributed by atoms with Gasteiger partial charge in [0.2, 0.25) is 5.95 Å². The number of hydrogen-bond donors (Lipinski definition) is 2. The summed E-state index contributed by atoms with van der Waals surface area (Å²) in [6, 6.07) is 13.4. The van der Waals surface area contributed by atoms with Crippen molar-refractivity contribution in [2.45, 2.75) is 38.0 Å². The normalized spacial score (nSPS) is 12.3. The van der Waals surface area contributed by atoms with E-state index in [1.807, 2.05) is 45.0 Å². The minimum absolute atomic E-state index is 0.00646. The number of aromatic nitrogens is 2. The lowest BCUT2D eigenvalue weighted by Crippen LogP contribution is -2.17. The van der Waals surface area contributed by atoms with Gasteiger partial charge in [-0.3, -0.25) is 0 Å². The lowest BCUT2D eigenvalue weighted by molar-refractivity contribution is 0.0600. The van der Waals surface area contributed by atoms with Gasteiger partial charge in [0.15, 0.2) is 0 Å². The average Bonchev–Trinajstić information content (AvgIpc) is 2.78. The van der Waals surface area contributed by atoms with Crippen LogP contribution in [-0.4, -0.2) is 38.0 Å². The van der Waals surface area contributed by atoms with E-state index in [9.17, 15) is 13.2 Å². The standard InChI is InChI=1S/C24H28N4O4S/c1-15(11-12-25)20-14-21(22-16(2)7-5-8-17(22)3)27-24(26-20)28-33(30,31)19-10-6-9-18(13-19)23(29)32-4/h5-10,13-15H,11-12,25H2,1-4H3,(H,26,27,28). The van der Waals surface area contributed by atoms with Crippen LogP contribution in [0.4, 0.5) is 5.95 Å². The van der Waals surface area contributed by atoms with Crippen molar-refractivity contribution in [2.75, 3.05) is 18.4 Å². The molecule has 0 saturated heterocycles. The SMILES string of the molecule is COC(=O)c1cccc(S(=O)(=O)Nc2nc(-c3c(C)cccc3C)cc(C(C)CCN)n2)c1. The smallest absolute Gasteiger partial charge is 0.337 e. The number of benzene rings is 2. The van der Waals surface area contributed by atoms with E-state index in [1.165, 1.54) is 31.4 Å². The largest absolute Gasteiger partial charge is 0.465 e. The molecule has 0 spiro atoms. The number of carbonyl (C=O) groups excluding carboxylic acids is 1. The molecule has 0 radical (unpaired) electrons. The molecule has 33 heavy (non-hydrogen) atoms. The monoisotopic (exact) mass is 468 g/mol. The van der Waals surface area contributed by atoms with Crippen molar-refractivity contribution in [3.05, 3.63) is 70.9 Å². The predicted molar refractivity (Wildman–Crippen MR) is 128 cm³/mol. The molecular weight excluding hydrogens is 440 g/mol. The molecule has 3 N–H and O–H groups in total. The minimum atomic E-state index is -4.06. The van der Waals surface area contributed by atoms with Crippen molar-refractivity contribution in [1.82, 2.24) is 9.97 Å². The van der Waals surface area contributed by atoms with Gasteiger partial charge in [-0.25, -0.2) is 27.9 Å². The molecule has 1 aromatic heterocycles. The molecule has 0 fully saturated rings. The number of nitrogens with one attached hydrogen (secondary N) is 1. The zero-order valence-electron chi connectivity index (χ0n) is 19.1. The Morgan fingerprint density at radius 2 is 1.76 bits per heavy atom. The first-order valence-corrected chi connectivity index (χ1v) is 12.0. The van der Waals surface area contributed by atoms with Gasteiger partial charge in [0, 0.05) is 11.3 Å². The van der Waals surface area contributed by atoms with Crippen LogP contribution in [0.25, 0.3) is 11.3 Å². The molecule has 0 saturated carbocycles. The molecule has 0 aliphatic heterocycles. The van der Waals surface area contributed by atoms with Crippen LogP contribution in [-0.2, 0) is 14.8 Å². The first-order valence-electron chi connectivity index (χ1n) is 10.5. The maximum atomic E-state index is 13.1. The molecule has 2 aromatic carbocycles. The summed E-state index contributed by atoms with van der Waals surface area (Å²) < 4.78 is 33.3. The Bertz CT molecular complexity index is 1250. The van der Waals surface area contributed by atoms with Gasteiger partial charge in [0.05, 0.1) is 23.3 Å². The zero-order chi connectivity index (χ0) is 24.2. The van der Waals surface area contributed by atoms with Crippen LogP contribution in [0.2, 0.25) is 0 Å². The summed E-state index contributed by atoms with van der Waals surface area (Å²) in [6.45, 7) is 6.43. The van der Waals surface area contributed by atoms with Crippen molar-refractivity contribution < 1.29 is 17.9 Å². The summed E-state index contributed by atoms with van der Waals surface area (Å²) in [5.41, 5.74) is 10.1. The number of ether oxygens (including phenoxy) is 1. The molecule has 0 amide bonds. The van der Waals surface area contributed by atoms with Gasteiger partial charge < -0.3 is 10.5 Å². The number of rotatable bonds is 8. The molecule has 0 bridgehead atoms. The first kappa shape index (κ1) is 24.3. The molecule has 9 heteroatoms. The highest BCUT2D eigenvalue weighted by atomic mass is 32.2. The third-order valence-electron chi connectivity index (χ3n) is 5.38. The molecule has 1 atom stereocenters.